The van der Waals surface area contributed by atoms with E-state index in [0.717, 1.165) is 48.5 Å². The van der Waals surface area contributed by atoms with Gasteiger partial charge in [-0.25, -0.2) is 9.67 Å². The Balaban J connectivity index is 1.55. The predicted octanol–water partition coefficient (Wildman–Crippen LogP) is 2.39. The highest BCUT2D eigenvalue weighted by Crippen LogP contribution is 2.32. The first-order valence-electron chi connectivity index (χ1n) is 9.16. The lowest BCUT2D eigenvalue weighted by Crippen LogP contribution is -2.20. The zero-order valence-electron chi connectivity index (χ0n) is 15.1. The molecule has 1 aliphatic rings. The number of hydrogen-bond donors (Lipinski definition) is 1. The van der Waals surface area contributed by atoms with E-state index in [1.54, 1.807) is 7.11 Å². The normalized spacial score (nSPS) is 17.8. The van der Waals surface area contributed by atoms with Crippen molar-refractivity contribution in [2.75, 3.05) is 26.7 Å². The van der Waals surface area contributed by atoms with Gasteiger partial charge in [0.05, 0.1) is 19.3 Å². The van der Waals surface area contributed by atoms with Crippen LogP contribution in [0.5, 0.6) is 5.75 Å². The smallest absolute Gasteiger partial charge is 0.158 e. The van der Waals surface area contributed by atoms with Gasteiger partial charge >= 0.3 is 0 Å². The van der Waals surface area contributed by atoms with Crippen LogP contribution in [0.15, 0.2) is 42.6 Å². The minimum Gasteiger partial charge on any atom is -0.496 e. The van der Waals surface area contributed by atoms with Gasteiger partial charge in [-0.3, -0.25) is 4.90 Å². The molecular weight excluding hydrogens is 326 g/mol. The molecule has 1 aliphatic heterocycles. The van der Waals surface area contributed by atoms with Gasteiger partial charge in [-0.05, 0) is 31.2 Å². The Bertz CT molecular complexity index is 891. The van der Waals surface area contributed by atoms with Crippen LogP contribution in [0.25, 0.3) is 11.0 Å². The average molecular weight is 351 g/mol. The largest absolute Gasteiger partial charge is 0.496 e. The summed E-state index contributed by atoms with van der Waals surface area (Å²) >= 11 is 0. The van der Waals surface area contributed by atoms with Crippen molar-refractivity contribution in [1.82, 2.24) is 19.7 Å². The zero-order chi connectivity index (χ0) is 17.9. The molecule has 3 aromatic rings. The fourth-order valence-corrected chi connectivity index (χ4v) is 3.89. The Kier molecular flexibility index (Phi) is 4.86. The Hall–Kier alpha value is -2.44. The number of nitrogens with zero attached hydrogens (tertiary/aromatic N) is 4. The van der Waals surface area contributed by atoms with Gasteiger partial charge < -0.3 is 10.5 Å². The topological polar surface area (TPSA) is 69.2 Å². The maximum atomic E-state index is 5.74. The molecule has 0 spiro atoms. The first kappa shape index (κ1) is 17.0. The van der Waals surface area contributed by atoms with E-state index in [2.05, 4.69) is 28.1 Å². The van der Waals surface area contributed by atoms with Crippen LogP contribution in [0.1, 0.15) is 23.6 Å². The third-order valence-electron chi connectivity index (χ3n) is 5.12. The minimum absolute atomic E-state index is 0.426. The number of rotatable bonds is 6. The van der Waals surface area contributed by atoms with Crippen molar-refractivity contribution in [2.45, 2.75) is 25.4 Å². The molecule has 26 heavy (non-hydrogen) atoms. The van der Waals surface area contributed by atoms with Gasteiger partial charge in [-0.15, -0.1) is 0 Å². The summed E-state index contributed by atoms with van der Waals surface area (Å²) in [5, 5.41) is 6.02. The average Bonchev–Trinajstić information content (AvgIpc) is 3.28. The van der Waals surface area contributed by atoms with Crippen molar-refractivity contribution in [1.29, 1.82) is 0 Å². The lowest BCUT2D eigenvalue weighted by atomic mass is 10.0. The molecule has 6 heteroatoms. The van der Waals surface area contributed by atoms with E-state index < -0.39 is 0 Å². The molecule has 1 atom stereocenters. The maximum Gasteiger partial charge on any atom is 0.158 e. The molecule has 0 amide bonds. The van der Waals surface area contributed by atoms with E-state index in [-0.39, 0.29) is 0 Å². The second kappa shape index (κ2) is 7.43. The number of pyridine rings is 1. The summed E-state index contributed by atoms with van der Waals surface area (Å²) in [6.07, 6.45) is 2.93. The van der Waals surface area contributed by atoms with E-state index in [1.807, 2.05) is 29.1 Å². The van der Waals surface area contributed by atoms with Gasteiger partial charge in [0.15, 0.2) is 5.65 Å². The van der Waals surface area contributed by atoms with Crippen LogP contribution in [-0.2, 0) is 13.1 Å². The number of benzene rings is 1. The van der Waals surface area contributed by atoms with Crippen molar-refractivity contribution in [3.05, 3.63) is 53.9 Å². The van der Waals surface area contributed by atoms with E-state index in [1.165, 1.54) is 5.56 Å². The molecule has 1 fully saturated rings. The molecule has 2 aromatic heterocycles. The zero-order valence-corrected chi connectivity index (χ0v) is 15.1. The Morgan fingerprint density at radius 3 is 2.96 bits per heavy atom. The van der Waals surface area contributed by atoms with Gasteiger partial charge in [0.2, 0.25) is 0 Å². The second-order valence-electron chi connectivity index (χ2n) is 6.80. The summed E-state index contributed by atoms with van der Waals surface area (Å²) in [7, 11) is 1.73. The highest BCUT2D eigenvalue weighted by Gasteiger charge is 2.28. The van der Waals surface area contributed by atoms with Gasteiger partial charge in [0.25, 0.3) is 0 Å². The molecule has 0 saturated carbocycles. The summed E-state index contributed by atoms with van der Waals surface area (Å²) in [6, 6.07) is 12.4. The lowest BCUT2D eigenvalue weighted by Gasteiger charge is -2.17. The van der Waals surface area contributed by atoms with E-state index in [0.29, 0.717) is 19.0 Å². The Morgan fingerprint density at radius 2 is 2.12 bits per heavy atom. The molecule has 0 unspecified atom stereocenters. The predicted molar refractivity (Wildman–Crippen MR) is 102 cm³/mol. The summed E-state index contributed by atoms with van der Waals surface area (Å²) in [5.41, 5.74) is 9.07. The van der Waals surface area contributed by atoms with Crippen LogP contribution >= 0.6 is 0 Å². The van der Waals surface area contributed by atoms with E-state index in [4.69, 9.17) is 15.6 Å². The number of methoxy groups -OCH3 is 1. The van der Waals surface area contributed by atoms with Crippen LogP contribution < -0.4 is 10.5 Å². The van der Waals surface area contributed by atoms with Crippen molar-refractivity contribution in [3.63, 3.8) is 0 Å². The number of likely N-dealkylation sites (tertiary alicyclic amines) is 1. The first-order valence-corrected chi connectivity index (χ1v) is 9.16. The summed E-state index contributed by atoms with van der Waals surface area (Å²) in [6.45, 7) is 4.23. The molecular formula is C20H25N5O. The van der Waals surface area contributed by atoms with Gasteiger partial charge in [0.1, 0.15) is 5.75 Å². The van der Waals surface area contributed by atoms with Crippen LogP contribution in [0.2, 0.25) is 0 Å². The Labute approximate surface area is 153 Å². The van der Waals surface area contributed by atoms with Gasteiger partial charge in [-0.1, -0.05) is 18.2 Å². The third-order valence-corrected chi connectivity index (χ3v) is 5.12. The summed E-state index contributed by atoms with van der Waals surface area (Å²) in [4.78, 5) is 6.99. The molecule has 0 aliphatic carbocycles. The van der Waals surface area contributed by atoms with Gasteiger partial charge in [-0.2, -0.15) is 5.10 Å². The molecule has 1 aromatic carbocycles. The van der Waals surface area contributed by atoms with Crippen molar-refractivity contribution in [2.24, 2.45) is 5.73 Å². The second-order valence-corrected chi connectivity index (χ2v) is 6.80. The fraction of sp³-hybridized carbons (Fsp3) is 0.400. The highest BCUT2D eigenvalue weighted by atomic mass is 16.5. The van der Waals surface area contributed by atoms with Crippen LogP contribution in [0, 0.1) is 0 Å². The number of hydrogen-bond acceptors (Lipinski definition) is 5. The van der Waals surface area contributed by atoms with Crippen molar-refractivity contribution >= 4 is 11.0 Å². The van der Waals surface area contributed by atoms with Crippen LogP contribution in [0.3, 0.4) is 0 Å². The van der Waals surface area contributed by atoms with Crippen LogP contribution in [0.4, 0.5) is 0 Å². The Morgan fingerprint density at radius 1 is 1.23 bits per heavy atom. The third kappa shape index (κ3) is 3.18. The van der Waals surface area contributed by atoms with E-state index >= 15 is 0 Å². The van der Waals surface area contributed by atoms with Crippen LogP contribution in [-0.4, -0.2) is 46.4 Å². The number of para-hydroxylation sites is 1. The first-order chi connectivity index (χ1) is 12.8. The number of nitrogens with two attached hydrogens (primary N) is 1. The number of ether oxygens (including phenoxy) is 1. The van der Waals surface area contributed by atoms with E-state index in [9.17, 15) is 0 Å². The number of aromatic nitrogens is 3. The molecule has 3 heterocycles. The summed E-state index contributed by atoms with van der Waals surface area (Å²) < 4.78 is 7.44. The molecule has 136 valence electrons. The molecule has 0 bridgehead atoms. The lowest BCUT2D eigenvalue weighted by molar-refractivity contribution is 0.316. The molecule has 1 saturated heterocycles. The van der Waals surface area contributed by atoms with Crippen molar-refractivity contribution < 1.29 is 4.74 Å². The highest BCUT2D eigenvalue weighted by molar-refractivity contribution is 5.78. The molecule has 2 N–H and O–H groups in total. The fourth-order valence-electron chi connectivity index (χ4n) is 3.89. The number of fused-ring (bicyclic) bond motifs is 1. The minimum atomic E-state index is 0.426. The monoisotopic (exact) mass is 351 g/mol. The van der Waals surface area contributed by atoms with Crippen molar-refractivity contribution in [3.8, 4) is 5.75 Å². The SMILES string of the molecule is COc1ccccc1CN1CC[C@@H](c2nn(CCN)c3ncccc23)C1. The standard InChI is InChI=1S/C20H25N5O/c1-26-18-7-3-2-5-15(18)13-24-11-8-16(14-24)19-17-6-4-10-22-20(17)25(23-19)12-9-21/h2-7,10,16H,8-9,11-14,21H2,1H3/t16-/m1/s1. The van der Waals surface area contributed by atoms with Gasteiger partial charge in [0, 0.05) is 42.7 Å². The molecule has 4 rings (SSSR count). The summed E-state index contributed by atoms with van der Waals surface area (Å²) in [5.74, 6) is 1.38. The quantitative estimate of drug-likeness (QED) is 0.738. The molecule has 0 radical (unpaired) electrons. The molecule has 6 nitrogen and oxygen atoms in total. The maximum absolute atomic E-state index is 5.74.